The van der Waals surface area contributed by atoms with Gasteiger partial charge in [-0.1, -0.05) is 0 Å². The molecule has 2 amide bonds. The number of ketones is 1. The van der Waals surface area contributed by atoms with Gasteiger partial charge in [0.15, 0.2) is 5.78 Å². The van der Waals surface area contributed by atoms with Crippen molar-refractivity contribution in [3.05, 3.63) is 21.9 Å². The third-order valence-electron chi connectivity index (χ3n) is 5.11. The van der Waals surface area contributed by atoms with Crippen LogP contribution in [0.5, 0.6) is 0 Å². The lowest BCUT2D eigenvalue weighted by Crippen LogP contribution is -2.45. The summed E-state index contributed by atoms with van der Waals surface area (Å²) in [6, 6.07) is 3.38. The molecule has 2 fully saturated rings. The van der Waals surface area contributed by atoms with Crippen LogP contribution >= 0.6 is 11.3 Å². The summed E-state index contributed by atoms with van der Waals surface area (Å²) >= 11 is 1.22. The second-order valence-electron chi connectivity index (χ2n) is 7.32. The molecule has 2 saturated heterocycles. The Kier molecular flexibility index (Phi) is 6.62. The van der Waals surface area contributed by atoms with Crippen LogP contribution in [0.4, 0.5) is 0 Å². The van der Waals surface area contributed by atoms with E-state index in [1.807, 2.05) is 11.9 Å². The predicted molar refractivity (Wildman–Crippen MR) is 103 cm³/mol. The van der Waals surface area contributed by atoms with Crippen LogP contribution in [0.1, 0.15) is 39.1 Å². The summed E-state index contributed by atoms with van der Waals surface area (Å²) in [7, 11) is 1.99. The normalized spacial score (nSPS) is 24.3. The first-order chi connectivity index (χ1) is 12.9. The van der Waals surface area contributed by atoms with Crippen molar-refractivity contribution < 1.29 is 19.1 Å². The highest BCUT2D eigenvalue weighted by Crippen LogP contribution is 2.21. The lowest BCUT2D eigenvalue weighted by Gasteiger charge is -2.31. The van der Waals surface area contributed by atoms with Gasteiger partial charge in [-0.3, -0.25) is 14.4 Å². The van der Waals surface area contributed by atoms with Gasteiger partial charge in [0.05, 0.1) is 28.9 Å². The molecule has 2 atom stereocenters. The van der Waals surface area contributed by atoms with Gasteiger partial charge in [0, 0.05) is 32.2 Å². The maximum Gasteiger partial charge on any atom is 0.261 e. The number of likely N-dealkylation sites (N-methyl/N-ethyl adjacent to an activating group) is 1. The number of carbonyl (C=O) groups is 3. The fourth-order valence-corrected chi connectivity index (χ4v) is 4.48. The van der Waals surface area contributed by atoms with Crippen molar-refractivity contribution in [2.45, 2.75) is 25.8 Å². The van der Waals surface area contributed by atoms with E-state index in [1.54, 1.807) is 12.1 Å². The zero-order valence-electron chi connectivity index (χ0n) is 15.9. The van der Waals surface area contributed by atoms with Crippen molar-refractivity contribution in [3.63, 3.8) is 0 Å². The third-order valence-corrected chi connectivity index (χ3v) is 6.30. The van der Waals surface area contributed by atoms with Crippen LogP contribution in [0.15, 0.2) is 12.1 Å². The molecular weight excluding hydrogens is 366 g/mol. The minimum atomic E-state index is -0.149. The molecule has 0 spiro atoms. The summed E-state index contributed by atoms with van der Waals surface area (Å²) < 4.78 is 5.33. The average Bonchev–Trinajstić information content (AvgIpc) is 3.08. The number of morpholine rings is 1. The molecule has 0 radical (unpaired) electrons. The molecule has 1 N–H and O–H groups in total. The lowest BCUT2D eigenvalue weighted by molar-refractivity contribution is -0.140. The minimum absolute atomic E-state index is 0.00660. The van der Waals surface area contributed by atoms with E-state index in [9.17, 15) is 14.4 Å². The van der Waals surface area contributed by atoms with E-state index in [2.05, 4.69) is 10.2 Å². The molecule has 1 aromatic rings. The van der Waals surface area contributed by atoms with Gasteiger partial charge in [-0.05, 0) is 38.9 Å². The minimum Gasteiger partial charge on any atom is -0.378 e. The number of likely N-dealkylation sites (tertiary alicyclic amines) is 1. The topological polar surface area (TPSA) is 79.0 Å². The number of hydrogen-bond acceptors (Lipinski definition) is 6. The maximum atomic E-state index is 12.8. The smallest absolute Gasteiger partial charge is 0.261 e. The van der Waals surface area contributed by atoms with Crippen molar-refractivity contribution >= 4 is 28.9 Å². The largest absolute Gasteiger partial charge is 0.378 e. The van der Waals surface area contributed by atoms with E-state index in [1.165, 1.54) is 18.3 Å². The number of Topliss-reactive ketones (excluding diaryl/α,β-unsaturated/α-hetero) is 1. The number of nitrogens with zero attached hydrogens (tertiary/aromatic N) is 2. The highest BCUT2D eigenvalue weighted by molar-refractivity contribution is 7.15. The van der Waals surface area contributed by atoms with Gasteiger partial charge < -0.3 is 19.9 Å². The predicted octanol–water partition coefficient (Wildman–Crippen LogP) is 1.25. The molecule has 0 saturated carbocycles. The van der Waals surface area contributed by atoms with Gasteiger partial charge in [-0.15, -0.1) is 11.3 Å². The Balaban J connectivity index is 1.57. The molecule has 2 aliphatic heterocycles. The van der Waals surface area contributed by atoms with Crippen LogP contribution in [0, 0.1) is 5.92 Å². The summed E-state index contributed by atoms with van der Waals surface area (Å²) in [5.41, 5.74) is 0. The van der Waals surface area contributed by atoms with E-state index < -0.39 is 0 Å². The van der Waals surface area contributed by atoms with Crippen LogP contribution in [0.3, 0.4) is 0 Å². The summed E-state index contributed by atoms with van der Waals surface area (Å²) in [4.78, 5) is 41.9. The Hall–Kier alpha value is -1.77. The van der Waals surface area contributed by atoms with E-state index in [-0.39, 0.29) is 29.6 Å². The zero-order chi connectivity index (χ0) is 19.4. The fraction of sp³-hybridized carbons (Fsp3) is 0.632. The Morgan fingerprint density at radius 1 is 1.11 bits per heavy atom. The van der Waals surface area contributed by atoms with Crippen LogP contribution in [-0.2, 0) is 9.53 Å². The Bertz CT molecular complexity index is 699. The molecule has 3 rings (SSSR count). The van der Waals surface area contributed by atoms with E-state index in [4.69, 9.17) is 4.74 Å². The first-order valence-corrected chi connectivity index (χ1v) is 10.2. The molecule has 2 aliphatic rings. The fourth-order valence-electron chi connectivity index (χ4n) is 3.68. The molecular formula is C19H27N3O4S. The standard InChI is InChI=1S/C19H27N3O4S/c1-13(23)16-5-6-17(27-16)18(24)20-15-4-3-14(11-21(2)12-15)19(25)22-7-9-26-10-8-22/h5-6,14-15H,3-4,7-12H2,1-2H3,(H,20,24)/t14-,15+/m1/s1. The van der Waals surface area contributed by atoms with Gasteiger partial charge in [0.25, 0.3) is 5.91 Å². The van der Waals surface area contributed by atoms with Crippen molar-refractivity contribution in [2.24, 2.45) is 5.92 Å². The summed E-state index contributed by atoms with van der Waals surface area (Å²) in [5.74, 6) is -0.0240. The average molecular weight is 394 g/mol. The monoisotopic (exact) mass is 393 g/mol. The molecule has 0 aromatic carbocycles. The highest BCUT2D eigenvalue weighted by atomic mass is 32.1. The number of carbonyl (C=O) groups excluding carboxylic acids is 3. The number of hydrogen-bond donors (Lipinski definition) is 1. The number of nitrogens with one attached hydrogen (secondary N) is 1. The van der Waals surface area contributed by atoms with Crippen molar-refractivity contribution in [2.75, 3.05) is 46.4 Å². The van der Waals surface area contributed by atoms with Crippen molar-refractivity contribution in [1.29, 1.82) is 0 Å². The molecule has 7 nitrogen and oxygen atoms in total. The summed E-state index contributed by atoms with van der Waals surface area (Å²) in [6.45, 7) is 5.46. The van der Waals surface area contributed by atoms with Gasteiger partial charge in [0.1, 0.15) is 0 Å². The summed E-state index contributed by atoms with van der Waals surface area (Å²) in [6.07, 6.45) is 1.52. The van der Waals surface area contributed by atoms with Gasteiger partial charge in [-0.25, -0.2) is 0 Å². The number of ether oxygens (including phenoxy) is 1. The number of thiophene rings is 1. The van der Waals surface area contributed by atoms with Crippen molar-refractivity contribution in [1.82, 2.24) is 15.1 Å². The molecule has 8 heteroatoms. The van der Waals surface area contributed by atoms with E-state index in [0.717, 1.165) is 12.8 Å². The molecule has 0 unspecified atom stereocenters. The number of amides is 2. The molecule has 3 heterocycles. The molecule has 1 aromatic heterocycles. The number of rotatable bonds is 4. The third kappa shape index (κ3) is 5.15. The molecule has 0 bridgehead atoms. The molecule has 27 heavy (non-hydrogen) atoms. The lowest BCUT2D eigenvalue weighted by atomic mass is 10.00. The maximum absolute atomic E-state index is 12.8. The van der Waals surface area contributed by atoms with E-state index >= 15 is 0 Å². The molecule has 148 valence electrons. The van der Waals surface area contributed by atoms with Crippen LogP contribution in [0.25, 0.3) is 0 Å². The van der Waals surface area contributed by atoms with Crippen LogP contribution in [0.2, 0.25) is 0 Å². The second kappa shape index (κ2) is 8.95. The Morgan fingerprint density at radius 3 is 2.48 bits per heavy atom. The SMILES string of the molecule is CC(=O)c1ccc(C(=O)N[C@H]2CC[C@@H](C(=O)N3CCOCC3)CN(C)C2)s1. The Labute approximate surface area is 163 Å². The first-order valence-electron chi connectivity index (χ1n) is 9.40. The zero-order valence-corrected chi connectivity index (χ0v) is 16.7. The van der Waals surface area contributed by atoms with Crippen molar-refractivity contribution in [3.8, 4) is 0 Å². The van der Waals surface area contributed by atoms with Crippen LogP contribution < -0.4 is 5.32 Å². The summed E-state index contributed by atoms with van der Waals surface area (Å²) in [5, 5.41) is 3.07. The van der Waals surface area contributed by atoms with Crippen LogP contribution in [-0.4, -0.2) is 79.9 Å². The first kappa shape index (κ1) is 20.0. The van der Waals surface area contributed by atoms with Gasteiger partial charge in [0.2, 0.25) is 5.91 Å². The van der Waals surface area contributed by atoms with E-state index in [0.29, 0.717) is 49.1 Å². The van der Waals surface area contributed by atoms with Gasteiger partial charge >= 0.3 is 0 Å². The Morgan fingerprint density at radius 2 is 1.81 bits per heavy atom. The van der Waals surface area contributed by atoms with Gasteiger partial charge in [-0.2, -0.15) is 0 Å². The quantitative estimate of drug-likeness (QED) is 0.779. The highest BCUT2D eigenvalue weighted by Gasteiger charge is 2.31. The molecule has 0 aliphatic carbocycles. The second-order valence-corrected chi connectivity index (χ2v) is 8.41.